The van der Waals surface area contributed by atoms with Gasteiger partial charge >= 0.3 is 0 Å². The van der Waals surface area contributed by atoms with E-state index in [4.69, 9.17) is 5.73 Å². The molecule has 5 heteroatoms. The summed E-state index contributed by atoms with van der Waals surface area (Å²) in [6.07, 6.45) is 3.08. The number of carbonyl (C=O) groups excluding carboxylic acids is 2. The number of hydrogen-bond donors (Lipinski definition) is 3. The molecule has 0 unspecified atom stereocenters. The van der Waals surface area contributed by atoms with Gasteiger partial charge in [-0.1, -0.05) is 32.4 Å². The number of nitrogens with two attached hydrogens (primary N) is 1. The molecule has 0 radical (unpaired) electrons. The highest BCUT2D eigenvalue weighted by molar-refractivity contribution is 5.92. The molecule has 5 nitrogen and oxygen atoms in total. The lowest BCUT2D eigenvalue weighted by atomic mass is 9.95. The molecule has 0 saturated heterocycles. The normalized spacial score (nSPS) is 20.5. The van der Waals surface area contributed by atoms with Gasteiger partial charge in [-0.25, -0.2) is 0 Å². The Morgan fingerprint density at radius 1 is 1.22 bits per heavy atom. The molecule has 1 aliphatic carbocycles. The van der Waals surface area contributed by atoms with E-state index in [2.05, 4.69) is 10.6 Å². The van der Waals surface area contributed by atoms with Crippen LogP contribution in [0.1, 0.15) is 38.7 Å². The zero-order valence-corrected chi connectivity index (χ0v) is 14.0. The van der Waals surface area contributed by atoms with Crippen LogP contribution in [0.25, 0.3) is 0 Å². The van der Waals surface area contributed by atoms with Gasteiger partial charge in [0.1, 0.15) is 0 Å². The van der Waals surface area contributed by atoms with Crippen LogP contribution in [0.3, 0.4) is 0 Å². The third-order valence-electron chi connectivity index (χ3n) is 4.51. The van der Waals surface area contributed by atoms with Gasteiger partial charge in [0.15, 0.2) is 0 Å². The van der Waals surface area contributed by atoms with Crippen LogP contribution in [0.4, 0.5) is 5.69 Å². The van der Waals surface area contributed by atoms with E-state index < -0.39 is 0 Å². The molecule has 0 heterocycles. The Kier molecular flexibility index (Phi) is 6.16. The van der Waals surface area contributed by atoms with E-state index in [1.807, 2.05) is 38.1 Å². The first kappa shape index (κ1) is 17.5. The summed E-state index contributed by atoms with van der Waals surface area (Å²) < 4.78 is 0. The van der Waals surface area contributed by atoms with E-state index in [9.17, 15) is 9.59 Å². The van der Waals surface area contributed by atoms with Crippen LogP contribution < -0.4 is 16.4 Å². The second-order valence-corrected chi connectivity index (χ2v) is 6.59. The van der Waals surface area contributed by atoms with Crippen molar-refractivity contribution >= 4 is 17.5 Å². The van der Waals surface area contributed by atoms with Crippen molar-refractivity contribution in [1.82, 2.24) is 5.32 Å². The monoisotopic (exact) mass is 317 g/mol. The fourth-order valence-electron chi connectivity index (χ4n) is 2.98. The van der Waals surface area contributed by atoms with E-state index in [1.54, 1.807) is 0 Å². The maximum absolute atomic E-state index is 12.3. The molecule has 0 aliphatic heterocycles. The molecule has 0 bridgehead atoms. The van der Waals surface area contributed by atoms with Crippen LogP contribution in [0.15, 0.2) is 24.3 Å². The first-order valence-electron chi connectivity index (χ1n) is 8.39. The predicted octanol–water partition coefficient (Wildman–Crippen LogP) is 2.27. The van der Waals surface area contributed by atoms with Crippen LogP contribution in [0, 0.1) is 17.8 Å². The Balaban J connectivity index is 1.84. The Morgan fingerprint density at radius 3 is 2.52 bits per heavy atom. The van der Waals surface area contributed by atoms with Gasteiger partial charge in [0.05, 0.1) is 0 Å². The smallest absolute Gasteiger partial charge is 0.226 e. The molecule has 23 heavy (non-hydrogen) atoms. The van der Waals surface area contributed by atoms with E-state index in [1.165, 1.54) is 0 Å². The fraction of sp³-hybridized carbons (Fsp3) is 0.556. The van der Waals surface area contributed by atoms with E-state index in [0.29, 0.717) is 19.0 Å². The van der Waals surface area contributed by atoms with Gasteiger partial charge in [0.25, 0.3) is 0 Å². The topological polar surface area (TPSA) is 84.2 Å². The summed E-state index contributed by atoms with van der Waals surface area (Å²) in [5, 5.41) is 5.85. The lowest BCUT2D eigenvalue weighted by Gasteiger charge is -2.17. The molecule has 126 valence electrons. The summed E-state index contributed by atoms with van der Waals surface area (Å²) in [5.74, 6) is 0.444. The van der Waals surface area contributed by atoms with E-state index in [0.717, 1.165) is 30.5 Å². The van der Waals surface area contributed by atoms with Crippen molar-refractivity contribution in [2.75, 3.05) is 11.9 Å². The van der Waals surface area contributed by atoms with Gasteiger partial charge in [-0.2, -0.15) is 0 Å². The highest BCUT2D eigenvalue weighted by Gasteiger charge is 2.31. The van der Waals surface area contributed by atoms with Crippen molar-refractivity contribution in [1.29, 1.82) is 0 Å². The van der Waals surface area contributed by atoms with Gasteiger partial charge in [0.2, 0.25) is 11.8 Å². The third kappa shape index (κ3) is 4.79. The minimum absolute atomic E-state index is 0.000104. The van der Waals surface area contributed by atoms with Crippen molar-refractivity contribution in [2.24, 2.45) is 23.5 Å². The quantitative estimate of drug-likeness (QED) is 0.752. The molecule has 1 aromatic carbocycles. The highest BCUT2D eigenvalue weighted by Crippen LogP contribution is 2.31. The number of nitrogens with one attached hydrogen (secondary N) is 2. The summed E-state index contributed by atoms with van der Waals surface area (Å²) in [4.78, 5) is 23.9. The average molecular weight is 317 g/mol. The van der Waals surface area contributed by atoms with Crippen LogP contribution in [0.5, 0.6) is 0 Å². The van der Waals surface area contributed by atoms with Gasteiger partial charge in [-0.15, -0.1) is 0 Å². The fourth-order valence-corrected chi connectivity index (χ4v) is 2.98. The number of hydrogen-bond acceptors (Lipinski definition) is 3. The van der Waals surface area contributed by atoms with Crippen molar-refractivity contribution in [3.8, 4) is 0 Å². The molecule has 1 saturated carbocycles. The SMILES string of the molecule is CC(C)C(=O)Nc1ccc(CNC(=O)[C@@H]2CCC[C@@H]2CN)cc1. The van der Waals surface area contributed by atoms with Crippen LogP contribution in [0.2, 0.25) is 0 Å². The second kappa shape index (κ2) is 8.11. The lowest BCUT2D eigenvalue weighted by molar-refractivity contribution is -0.126. The van der Waals surface area contributed by atoms with E-state index in [-0.39, 0.29) is 23.7 Å². The van der Waals surface area contributed by atoms with Gasteiger partial charge in [0, 0.05) is 24.1 Å². The standard InChI is InChI=1S/C18H27N3O2/c1-12(2)17(22)21-15-8-6-13(7-9-15)11-20-18(23)16-5-3-4-14(16)10-19/h6-9,12,14,16H,3-5,10-11,19H2,1-2H3,(H,20,23)(H,21,22)/t14-,16-/m1/s1. The van der Waals surface area contributed by atoms with Crippen molar-refractivity contribution in [3.63, 3.8) is 0 Å². The molecular weight excluding hydrogens is 290 g/mol. The average Bonchev–Trinajstić information content (AvgIpc) is 3.02. The lowest BCUT2D eigenvalue weighted by Crippen LogP contribution is -2.34. The molecule has 2 atom stereocenters. The van der Waals surface area contributed by atoms with Crippen LogP contribution >= 0.6 is 0 Å². The summed E-state index contributed by atoms with van der Waals surface area (Å²) in [6.45, 7) is 4.81. The number of rotatable bonds is 6. The molecule has 1 fully saturated rings. The summed E-state index contributed by atoms with van der Waals surface area (Å²) in [7, 11) is 0. The number of amides is 2. The number of benzene rings is 1. The number of carbonyl (C=O) groups is 2. The van der Waals surface area contributed by atoms with Crippen molar-refractivity contribution in [3.05, 3.63) is 29.8 Å². The predicted molar refractivity (Wildman–Crippen MR) is 91.6 cm³/mol. The minimum atomic E-state index is -0.0455. The van der Waals surface area contributed by atoms with Crippen LogP contribution in [-0.4, -0.2) is 18.4 Å². The van der Waals surface area contributed by atoms with Gasteiger partial charge in [-0.05, 0) is 43.0 Å². The zero-order chi connectivity index (χ0) is 16.8. The molecule has 0 aromatic heterocycles. The van der Waals surface area contributed by atoms with E-state index >= 15 is 0 Å². The second-order valence-electron chi connectivity index (χ2n) is 6.59. The molecule has 1 aliphatic rings. The third-order valence-corrected chi connectivity index (χ3v) is 4.51. The Morgan fingerprint density at radius 2 is 1.91 bits per heavy atom. The first-order chi connectivity index (χ1) is 11.0. The summed E-state index contributed by atoms with van der Waals surface area (Å²) in [6, 6.07) is 7.57. The largest absolute Gasteiger partial charge is 0.352 e. The molecule has 2 rings (SSSR count). The molecule has 0 spiro atoms. The maximum atomic E-state index is 12.3. The maximum Gasteiger partial charge on any atom is 0.226 e. The first-order valence-corrected chi connectivity index (χ1v) is 8.39. The molecule has 4 N–H and O–H groups in total. The summed E-state index contributed by atoms with van der Waals surface area (Å²) in [5.41, 5.74) is 7.52. The molecule has 1 aromatic rings. The van der Waals surface area contributed by atoms with Crippen molar-refractivity contribution in [2.45, 2.75) is 39.7 Å². The van der Waals surface area contributed by atoms with Gasteiger partial charge in [-0.3, -0.25) is 9.59 Å². The highest BCUT2D eigenvalue weighted by atomic mass is 16.2. The molecule has 2 amide bonds. The Bertz CT molecular complexity index is 540. The Hall–Kier alpha value is -1.88. The minimum Gasteiger partial charge on any atom is -0.352 e. The zero-order valence-electron chi connectivity index (χ0n) is 14.0. The van der Waals surface area contributed by atoms with Crippen LogP contribution in [-0.2, 0) is 16.1 Å². The summed E-state index contributed by atoms with van der Waals surface area (Å²) >= 11 is 0. The van der Waals surface area contributed by atoms with Crippen molar-refractivity contribution < 1.29 is 9.59 Å². The Labute approximate surface area is 138 Å². The molecular formula is C18H27N3O2. The van der Waals surface area contributed by atoms with Gasteiger partial charge < -0.3 is 16.4 Å². The number of anilines is 1.